The fraction of sp³-hybridized carbons (Fsp3) is 0.333. The van der Waals surface area contributed by atoms with Gasteiger partial charge in [-0.05, 0) is 0 Å². The van der Waals surface area contributed by atoms with Crippen molar-refractivity contribution in [2.45, 2.75) is 12.7 Å². The molecule has 0 aliphatic rings. The van der Waals surface area contributed by atoms with Crippen molar-refractivity contribution in [3.63, 3.8) is 0 Å². The molecule has 0 rings (SSSR count). The quantitative estimate of drug-likeness (QED) is 0.380. The minimum atomic E-state index is -1.59. The Morgan fingerprint density at radius 3 is 2.00 bits per heavy atom. The Morgan fingerprint density at radius 2 is 1.75 bits per heavy atom. The molecule has 0 atom stereocenters. The van der Waals surface area contributed by atoms with Gasteiger partial charge in [-0.15, -0.1) is 6.58 Å². The lowest BCUT2D eigenvalue weighted by Crippen LogP contribution is -2.22. The van der Waals surface area contributed by atoms with E-state index in [1.54, 1.807) is 0 Å². The van der Waals surface area contributed by atoms with Crippen LogP contribution in [0.3, 0.4) is 0 Å². The molecule has 12 heavy (non-hydrogen) atoms. The standard InChI is InChI=1S/C6H8O6/c1-2-3-4(11-5(7)8)12-6(9)10/h2,4H,1,3H2,(H,7,8)(H,9,10). The monoisotopic (exact) mass is 176 g/mol. The summed E-state index contributed by atoms with van der Waals surface area (Å²) in [6, 6.07) is 0. The van der Waals surface area contributed by atoms with Crippen LogP contribution in [0.15, 0.2) is 12.7 Å². The minimum absolute atomic E-state index is 0.0153. The first-order valence-corrected chi connectivity index (χ1v) is 2.96. The van der Waals surface area contributed by atoms with Crippen LogP contribution < -0.4 is 0 Å². The van der Waals surface area contributed by atoms with Crippen molar-refractivity contribution in [3.8, 4) is 0 Å². The highest BCUT2D eigenvalue weighted by atomic mass is 16.8. The molecule has 0 amide bonds. The zero-order chi connectivity index (χ0) is 9.56. The van der Waals surface area contributed by atoms with Crippen molar-refractivity contribution < 1.29 is 29.3 Å². The smallest absolute Gasteiger partial charge is 0.450 e. The molecule has 0 aromatic rings. The van der Waals surface area contributed by atoms with E-state index < -0.39 is 18.6 Å². The van der Waals surface area contributed by atoms with E-state index in [-0.39, 0.29) is 6.42 Å². The minimum Gasteiger partial charge on any atom is -0.450 e. The molecule has 0 radical (unpaired) electrons. The third-order valence-electron chi connectivity index (χ3n) is 0.824. The van der Waals surface area contributed by atoms with E-state index >= 15 is 0 Å². The van der Waals surface area contributed by atoms with Crippen LogP contribution in [0.4, 0.5) is 9.59 Å². The molecule has 0 saturated heterocycles. The summed E-state index contributed by atoms with van der Waals surface area (Å²) in [6.45, 7) is 3.27. The average Bonchev–Trinajstić information content (AvgIpc) is 1.84. The van der Waals surface area contributed by atoms with Gasteiger partial charge in [-0.25, -0.2) is 9.59 Å². The summed E-state index contributed by atoms with van der Waals surface area (Å²) < 4.78 is 8.09. The highest BCUT2D eigenvalue weighted by Gasteiger charge is 2.15. The molecule has 0 aromatic heterocycles. The summed E-state index contributed by atoms with van der Waals surface area (Å²) in [5.74, 6) is 0. The van der Waals surface area contributed by atoms with Gasteiger partial charge in [0, 0.05) is 6.42 Å². The van der Waals surface area contributed by atoms with Gasteiger partial charge in [0.05, 0.1) is 0 Å². The molecule has 0 spiro atoms. The zero-order valence-electron chi connectivity index (χ0n) is 6.10. The number of carboxylic acid groups (broad SMARTS) is 2. The van der Waals surface area contributed by atoms with Crippen molar-refractivity contribution in [2.75, 3.05) is 0 Å². The molecule has 0 bridgehead atoms. The normalized spacial score (nSPS) is 9.08. The summed E-state index contributed by atoms with van der Waals surface area (Å²) >= 11 is 0. The molecule has 0 heterocycles. The van der Waals surface area contributed by atoms with Crippen LogP contribution in [0, 0.1) is 0 Å². The lowest BCUT2D eigenvalue weighted by Gasteiger charge is -2.11. The molecule has 6 nitrogen and oxygen atoms in total. The Bertz CT molecular complexity index is 170. The maximum atomic E-state index is 9.94. The van der Waals surface area contributed by atoms with E-state index in [4.69, 9.17) is 10.2 Å². The van der Waals surface area contributed by atoms with Crippen LogP contribution in [-0.4, -0.2) is 28.8 Å². The molecule has 6 heteroatoms. The largest absolute Gasteiger partial charge is 0.508 e. The van der Waals surface area contributed by atoms with Gasteiger partial charge in [0.2, 0.25) is 0 Å². The van der Waals surface area contributed by atoms with Gasteiger partial charge in [-0.2, -0.15) is 0 Å². The highest BCUT2D eigenvalue weighted by molar-refractivity contribution is 5.59. The number of hydrogen-bond acceptors (Lipinski definition) is 4. The van der Waals surface area contributed by atoms with Crippen molar-refractivity contribution in [1.82, 2.24) is 0 Å². The Morgan fingerprint density at radius 1 is 1.33 bits per heavy atom. The van der Waals surface area contributed by atoms with Crippen LogP contribution in [0.1, 0.15) is 6.42 Å². The highest BCUT2D eigenvalue weighted by Crippen LogP contribution is 2.02. The Kier molecular flexibility index (Phi) is 4.28. The van der Waals surface area contributed by atoms with Crippen molar-refractivity contribution in [1.29, 1.82) is 0 Å². The lowest BCUT2D eigenvalue weighted by molar-refractivity contribution is -0.0881. The molecule has 0 fully saturated rings. The van der Waals surface area contributed by atoms with Gasteiger partial charge in [0.1, 0.15) is 0 Å². The van der Waals surface area contributed by atoms with Gasteiger partial charge in [-0.3, -0.25) is 0 Å². The zero-order valence-corrected chi connectivity index (χ0v) is 6.10. The van der Waals surface area contributed by atoms with Gasteiger partial charge in [-0.1, -0.05) is 6.08 Å². The summed E-state index contributed by atoms with van der Waals surface area (Å²) in [4.78, 5) is 19.9. The second kappa shape index (κ2) is 5.00. The summed E-state index contributed by atoms with van der Waals surface area (Å²) in [5, 5.41) is 16.2. The maximum Gasteiger partial charge on any atom is 0.508 e. The van der Waals surface area contributed by atoms with Gasteiger partial charge >= 0.3 is 12.3 Å². The van der Waals surface area contributed by atoms with Crippen molar-refractivity contribution in [2.24, 2.45) is 0 Å². The molecular formula is C6H8O6. The SMILES string of the molecule is C=CCC(OC(=O)O)OC(=O)O. The van der Waals surface area contributed by atoms with Crippen LogP contribution in [0.2, 0.25) is 0 Å². The fourth-order valence-electron chi connectivity index (χ4n) is 0.481. The lowest BCUT2D eigenvalue weighted by atomic mass is 10.4. The first-order chi connectivity index (χ1) is 5.56. The van der Waals surface area contributed by atoms with E-state index in [1.807, 2.05) is 0 Å². The Labute approximate surface area is 68.0 Å². The van der Waals surface area contributed by atoms with Gasteiger partial charge in [0.25, 0.3) is 6.29 Å². The van der Waals surface area contributed by atoms with Crippen molar-refractivity contribution in [3.05, 3.63) is 12.7 Å². The molecule has 0 unspecified atom stereocenters. The summed E-state index contributed by atoms with van der Waals surface area (Å²) in [7, 11) is 0. The van der Waals surface area contributed by atoms with Gasteiger partial charge < -0.3 is 19.7 Å². The van der Waals surface area contributed by atoms with E-state index in [0.717, 1.165) is 0 Å². The van der Waals surface area contributed by atoms with Crippen LogP contribution in [0.5, 0.6) is 0 Å². The fourth-order valence-corrected chi connectivity index (χ4v) is 0.481. The average molecular weight is 176 g/mol. The molecule has 0 aromatic carbocycles. The number of rotatable bonds is 4. The van der Waals surface area contributed by atoms with E-state index in [0.29, 0.717) is 0 Å². The number of ether oxygens (including phenoxy) is 2. The van der Waals surface area contributed by atoms with Crippen LogP contribution in [0.25, 0.3) is 0 Å². The number of carbonyl (C=O) groups is 2. The van der Waals surface area contributed by atoms with Crippen LogP contribution in [-0.2, 0) is 9.47 Å². The molecule has 0 aliphatic carbocycles. The summed E-state index contributed by atoms with van der Waals surface area (Å²) in [5.41, 5.74) is 0. The van der Waals surface area contributed by atoms with E-state index in [9.17, 15) is 9.59 Å². The second-order valence-corrected chi connectivity index (χ2v) is 1.72. The second-order valence-electron chi connectivity index (χ2n) is 1.72. The predicted molar refractivity (Wildman–Crippen MR) is 36.8 cm³/mol. The Hall–Kier alpha value is -1.72. The molecule has 2 N–H and O–H groups in total. The summed E-state index contributed by atoms with van der Waals surface area (Å²) in [6.07, 6.45) is -3.25. The molecule has 0 aliphatic heterocycles. The van der Waals surface area contributed by atoms with E-state index in [1.165, 1.54) is 6.08 Å². The van der Waals surface area contributed by atoms with E-state index in [2.05, 4.69) is 16.1 Å². The topological polar surface area (TPSA) is 93.1 Å². The first kappa shape index (κ1) is 10.3. The third kappa shape index (κ3) is 5.10. The van der Waals surface area contributed by atoms with Crippen LogP contribution >= 0.6 is 0 Å². The predicted octanol–water partition coefficient (Wildman–Crippen LogP) is 1.28. The first-order valence-electron chi connectivity index (χ1n) is 2.96. The van der Waals surface area contributed by atoms with Gasteiger partial charge in [0.15, 0.2) is 0 Å². The molecule has 0 saturated carbocycles. The third-order valence-corrected chi connectivity index (χ3v) is 0.824. The Balaban J connectivity index is 3.93. The van der Waals surface area contributed by atoms with Crippen molar-refractivity contribution >= 4 is 12.3 Å². The maximum absolute atomic E-state index is 9.94. The molecule has 68 valence electrons. The molecular weight excluding hydrogens is 168 g/mol. The number of hydrogen-bond donors (Lipinski definition) is 2.